The number of aryl methyl sites for hydroxylation is 2. The van der Waals surface area contributed by atoms with Crippen molar-refractivity contribution in [3.8, 4) is 0 Å². The summed E-state index contributed by atoms with van der Waals surface area (Å²) in [6.07, 6.45) is 7.46. The Kier molecular flexibility index (Phi) is 6.04. The highest BCUT2D eigenvalue weighted by Crippen LogP contribution is 2.24. The Bertz CT molecular complexity index is 729. The monoisotopic (exact) mass is 359 g/mol. The third-order valence-electron chi connectivity index (χ3n) is 5.08. The molecule has 0 spiro atoms. The SMILES string of the molecule is CO[C@H]1CCCN(C(=O)CCc2cnn(C)c2)[C@H]1Cc1ccc(F)cc1. The average Bonchev–Trinajstić information content (AvgIpc) is 3.07. The minimum atomic E-state index is -0.245. The van der Waals surface area contributed by atoms with Gasteiger partial charge in [-0.05, 0) is 48.9 Å². The minimum Gasteiger partial charge on any atom is -0.379 e. The van der Waals surface area contributed by atoms with Gasteiger partial charge < -0.3 is 9.64 Å². The van der Waals surface area contributed by atoms with Crippen LogP contribution in [-0.2, 0) is 29.4 Å². The molecular formula is C20H26FN3O2. The molecule has 3 rings (SSSR count). The Morgan fingerprint density at radius 2 is 2.08 bits per heavy atom. The number of halogens is 1. The third kappa shape index (κ3) is 4.49. The van der Waals surface area contributed by atoms with Crippen LogP contribution in [0.1, 0.15) is 30.4 Å². The number of hydrogen-bond donors (Lipinski definition) is 0. The molecule has 5 nitrogen and oxygen atoms in total. The van der Waals surface area contributed by atoms with Gasteiger partial charge in [0.1, 0.15) is 5.82 Å². The van der Waals surface area contributed by atoms with E-state index in [2.05, 4.69) is 5.10 Å². The van der Waals surface area contributed by atoms with E-state index < -0.39 is 0 Å². The van der Waals surface area contributed by atoms with Crippen molar-refractivity contribution in [1.29, 1.82) is 0 Å². The number of carbonyl (C=O) groups excluding carboxylic acids is 1. The van der Waals surface area contributed by atoms with Gasteiger partial charge in [0.15, 0.2) is 0 Å². The predicted octanol–water partition coefficient (Wildman–Crippen LogP) is 2.74. The van der Waals surface area contributed by atoms with Gasteiger partial charge in [-0.2, -0.15) is 5.10 Å². The van der Waals surface area contributed by atoms with Crippen molar-refractivity contribution >= 4 is 5.91 Å². The fourth-order valence-corrected chi connectivity index (χ4v) is 3.71. The van der Waals surface area contributed by atoms with Gasteiger partial charge in [-0.1, -0.05) is 12.1 Å². The molecule has 1 aliphatic rings. The van der Waals surface area contributed by atoms with Crippen molar-refractivity contribution in [3.63, 3.8) is 0 Å². The first-order valence-electron chi connectivity index (χ1n) is 9.11. The van der Waals surface area contributed by atoms with Gasteiger partial charge in [0.25, 0.3) is 0 Å². The lowest BCUT2D eigenvalue weighted by molar-refractivity contribution is -0.139. The number of piperidine rings is 1. The fourth-order valence-electron chi connectivity index (χ4n) is 3.71. The molecule has 0 saturated carbocycles. The van der Waals surface area contributed by atoms with E-state index in [1.807, 2.05) is 18.1 Å². The summed E-state index contributed by atoms with van der Waals surface area (Å²) in [5.41, 5.74) is 2.08. The zero-order chi connectivity index (χ0) is 18.5. The van der Waals surface area contributed by atoms with E-state index >= 15 is 0 Å². The van der Waals surface area contributed by atoms with Gasteiger partial charge in [0, 0.05) is 33.3 Å². The van der Waals surface area contributed by atoms with Crippen LogP contribution in [0.5, 0.6) is 0 Å². The van der Waals surface area contributed by atoms with E-state index in [1.165, 1.54) is 12.1 Å². The van der Waals surface area contributed by atoms with E-state index in [4.69, 9.17) is 4.74 Å². The number of likely N-dealkylation sites (tertiary alicyclic amines) is 1. The van der Waals surface area contributed by atoms with Gasteiger partial charge >= 0.3 is 0 Å². The number of benzene rings is 1. The van der Waals surface area contributed by atoms with E-state index in [-0.39, 0.29) is 23.9 Å². The molecule has 2 atom stereocenters. The zero-order valence-corrected chi connectivity index (χ0v) is 15.4. The Hall–Kier alpha value is -2.21. The van der Waals surface area contributed by atoms with E-state index in [0.29, 0.717) is 19.3 Å². The maximum Gasteiger partial charge on any atom is 0.223 e. The van der Waals surface area contributed by atoms with Gasteiger partial charge in [-0.15, -0.1) is 0 Å². The van der Waals surface area contributed by atoms with Crippen molar-refractivity contribution in [2.24, 2.45) is 7.05 Å². The molecule has 1 aromatic carbocycles. The summed E-state index contributed by atoms with van der Waals surface area (Å²) < 4.78 is 20.6. The average molecular weight is 359 g/mol. The van der Waals surface area contributed by atoms with E-state index in [9.17, 15) is 9.18 Å². The van der Waals surface area contributed by atoms with Crippen molar-refractivity contribution in [3.05, 3.63) is 53.6 Å². The molecule has 26 heavy (non-hydrogen) atoms. The van der Waals surface area contributed by atoms with Crippen LogP contribution >= 0.6 is 0 Å². The molecule has 6 heteroatoms. The highest BCUT2D eigenvalue weighted by Gasteiger charge is 2.34. The largest absolute Gasteiger partial charge is 0.379 e. The third-order valence-corrected chi connectivity index (χ3v) is 5.08. The molecule has 1 fully saturated rings. The molecule has 1 aromatic heterocycles. The van der Waals surface area contributed by atoms with Crippen LogP contribution in [0.25, 0.3) is 0 Å². The summed E-state index contributed by atoms with van der Waals surface area (Å²) in [5.74, 6) is -0.104. The lowest BCUT2D eigenvalue weighted by Crippen LogP contribution is -2.52. The maximum absolute atomic E-state index is 13.2. The first-order valence-corrected chi connectivity index (χ1v) is 9.11. The molecule has 1 saturated heterocycles. The second kappa shape index (κ2) is 8.45. The van der Waals surface area contributed by atoms with Gasteiger partial charge in [0.2, 0.25) is 5.91 Å². The van der Waals surface area contributed by atoms with Crippen molar-refractivity contribution in [2.45, 2.75) is 44.2 Å². The zero-order valence-electron chi connectivity index (χ0n) is 15.4. The minimum absolute atomic E-state index is 0.0103. The molecule has 0 aliphatic carbocycles. The normalized spacial score (nSPS) is 20.3. The standard InChI is InChI=1S/C20H26FN3O2/c1-23-14-16(13-22-23)7-10-20(25)24-11-3-4-19(26-2)18(24)12-15-5-8-17(21)9-6-15/h5-6,8-9,13-14,18-19H,3-4,7,10-12H2,1-2H3/t18-,19-/m0/s1. The van der Waals surface area contributed by atoms with Crippen molar-refractivity contribution in [2.75, 3.05) is 13.7 Å². The topological polar surface area (TPSA) is 47.4 Å². The molecule has 2 heterocycles. The van der Waals surface area contributed by atoms with Crippen LogP contribution in [0.2, 0.25) is 0 Å². The van der Waals surface area contributed by atoms with Gasteiger partial charge in [-0.3, -0.25) is 9.48 Å². The lowest BCUT2D eigenvalue weighted by Gasteiger charge is -2.41. The Labute approximate surface area is 153 Å². The predicted molar refractivity (Wildman–Crippen MR) is 97.2 cm³/mol. The smallest absolute Gasteiger partial charge is 0.223 e. The molecule has 0 bridgehead atoms. The van der Waals surface area contributed by atoms with Crippen molar-refractivity contribution < 1.29 is 13.9 Å². The number of carbonyl (C=O) groups is 1. The van der Waals surface area contributed by atoms with Gasteiger partial charge in [-0.25, -0.2) is 4.39 Å². The molecule has 2 aromatic rings. The van der Waals surface area contributed by atoms with Crippen LogP contribution in [0, 0.1) is 5.82 Å². The van der Waals surface area contributed by atoms with Crippen LogP contribution in [-0.4, -0.2) is 46.4 Å². The second-order valence-electron chi connectivity index (χ2n) is 6.92. The van der Waals surface area contributed by atoms with Crippen LogP contribution in [0.4, 0.5) is 4.39 Å². The maximum atomic E-state index is 13.2. The lowest BCUT2D eigenvalue weighted by atomic mass is 9.92. The summed E-state index contributed by atoms with van der Waals surface area (Å²) in [5, 5.41) is 4.15. The van der Waals surface area contributed by atoms with Crippen molar-refractivity contribution in [1.82, 2.24) is 14.7 Å². The van der Waals surface area contributed by atoms with Crippen LogP contribution < -0.4 is 0 Å². The number of nitrogens with zero attached hydrogens (tertiary/aromatic N) is 3. The first kappa shape index (κ1) is 18.6. The Morgan fingerprint density at radius 3 is 2.73 bits per heavy atom. The summed E-state index contributed by atoms with van der Waals surface area (Å²) in [6.45, 7) is 0.748. The van der Waals surface area contributed by atoms with Gasteiger partial charge in [0.05, 0.1) is 18.3 Å². The summed E-state index contributed by atoms with van der Waals surface area (Å²) in [4.78, 5) is 14.8. The number of rotatable bonds is 6. The van der Waals surface area contributed by atoms with Crippen LogP contribution in [0.15, 0.2) is 36.7 Å². The fraction of sp³-hybridized carbons (Fsp3) is 0.500. The molecule has 0 unspecified atom stereocenters. The highest BCUT2D eigenvalue weighted by molar-refractivity contribution is 5.77. The molecule has 0 radical (unpaired) electrons. The Balaban J connectivity index is 1.69. The summed E-state index contributed by atoms with van der Waals surface area (Å²) in [7, 11) is 3.57. The molecule has 1 aliphatic heterocycles. The van der Waals surface area contributed by atoms with E-state index in [1.54, 1.807) is 30.1 Å². The Morgan fingerprint density at radius 1 is 1.31 bits per heavy atom. The number of hydrogen-bond acceptors (Lipinski definition) is 3. The number of ether oxygens (including phenoxy) is 1. The molecule has 1 amide bonds. The quantitative estimate of drug-likeness (QED) is 0.797. The first-order chi connectivity index (χ1) is 12.6. The number of aromatic nitrogens is 2. The second-order valence-corrected chi connectivity index (χ2v) is 6.92. The number of amides is 1. The van der Waals surface area contributed by atoms with Crippen LogP contribution in [0.3, 0.4) is 0 Å². The molecule has 140 valence electrons. The molecular weight excluding hydrogens is 333 g/mol. The number of methoxy groups -OCH3 is 1. The summed E-state index contributed by atoms with van der Waals surface area (Å²) >= 11 is 0. The van der Waals surface area contributed by atoms with E-state index in [0.717, 1.165) is 30.5 Å². The highest BCUT2D eigenvalue weighted by atomic mass is 19.1. The molecule has 0 N–H and O–H groups in total. The summed E-state index contributed by atoms with van der Waals surface area (Å²) in [6, 6.07) is 6.49.